The SMILES string of the molecule is O=C(O)c1ccc(-n2cc(I)cn2)cc1Br. The van der Waals surface area contributed by atoms with E-state index in [1.807, 2.05) is 6.20 Å². The number of carbonyl (C=O) groups is 1. The Labute approximate surface area is 114 Å². The number of hydrogen-bond donors (Lipinski definition) is 1. The van der Waals surface area contributed by atoms with Crippen molar-refractivity contribution in [3.05, 3.63) is 44.2 Å². The molecular weight excluding hydrogens is 387 g/mol. The zero-order chi connectivity index (χ0) is 11.7. The molecule has 0 unspecified atom stereocenters. The maximum Gasteiger partial charge on any atom is 0.336 e. The van der Waals surface area contributed by atoms with Crippen molar-refractivity contribution in [1.82, 2.24) is 9.78 Å². The van der Waals surface area contributed by atoms with E-state index in [-0.39, 0.29) is 5.56 Å². The number of nitrogens with zero attached hydrogens (tertiary/aromatic N) is 2. The van der Waals surface area contributed by atoms with Crippen LogP contribution in [0.25, 0.3) is 5.69 Å². The normalized spacial score (nSPS) is 10.4. The van der Waals surface area contributed by atoms with E-state index in [1.165, 1.54) is 0 Å². The van der Waals surface area contributed by atoms with Crippen LogP contribution >= 0.6 is 38.5 Å². The average molecular weight is 393 g/mol. The molecule has 1 aromatic carbocycles. The minimum absolute atomic E-state index is 0.241. The number of rotatable bonds is 2. The van der Waals surface area contributed by atoms with Gasteiger partial charge in [0.05, 0.1) is 21.0 Å². The van der Waals surface area contributed by atoms with Gasteiger partial charge in [-0.15, -0.1) is 0 Å². The molecule has 1 N–H and O–H groups in total. The van der Waals surface area contributed by atoms with Gasteiger partial charge < -0.3 is 5.11 Å². The fourth-order valence-corrected chi connectivity index (χ4v) is 2.19. The molecule has 0 bridgehead atoms. The largest absolute Gasteiger partial charge is 0.478 e. The summed E-state index contributed by atoms with van der Waals surface area (Å²) in [6.45, 7) is 0. The van der Waals surface area contributed by atoms with Gasteiger partial charge in [-0.1, -0.05) is 0 Å². The minimum Gasteiger partial charge on any atom is -0.478 e. The summed E-state index contributed by atoms with van der Waals surface area (Å²) in [5.41, 5.74) is 1.06. The zero-order valence-corrected chi connectivity index (χ0v) is 11.6. The summed E-state index contributed by atoms with van der Waals surface area (Å²) in [6.07, 6.45) is 3.60. The van der Waals surface area contributed by atoms with Crippen LogP contribution in [-0.2, 0) is 0 Å². The van der Waals surface area contributed by atoms with Crippen molar-refractivity contribution in [2.45, 2.75) is 0 Å². The van der Waals surface area contributed by atoms with Crippen LogP contribution in [0.2, 0.25) is 0 Å². The number of hydrogen-bond acceptors (Lipinski definition) is 2. The molecule has 0 aliphatic heterocycles. The predicted molar refractivity (Wildman–Crippen MR) is 70.9 cm³/mol. The first-order valence-electron chi connectivity index (χ1n) is 4.31. The Morgan fingerprint density at radius 3 is 2.75 bits per heavy atom. The fourth-order valence-electron chi connectivity index (χ4n) is 1.26. The van der Waals surface area contributed by atoms with Crippen LogP contribution in [0.4, 0.5) is 0 Å². The molecule has 0 saturated carbocycles. The van der Waals surface area contributed by atoms with Gasteiger partial charge in [-0.05, 0) is 56.7 Å². The second-order valence-electron chi connectivity index (χ2n) is 3.07. The molecule has 0 atom stereocenters. The Morgan fingerprint density at radius 1 is 1.50 bits per heavy atom. The first-order valence-corrected chi connectivity index (χ1v) is 6.18. The molecule has 2 rings (SSSR count). The fraction of sp³-hybridized carbons (Fsp3) is 0. The predicted octanol–water partition coefficient (Wildman–Crippen LogP) is 2.94. The molecule has 0 fully saturated rings. The van der Waals surface area contributed by atoms with E-state index in [0.29, 0.717) is 4.47 Å². The van der Waals surface area contributed by atoms with E-state index in [4.69, 9.17) is 5.11 Å². The Hall–Kier alpha value is -0.890. The Morgan fingerprint density at radius 2 is 2.25 bits per heavy atom. The summed E-state index contributed by atoms with van der Waals surface area (Å²) < 4.78 is 3.26. The number of aromatic nitrogens is 2. The van der Waals surface area contributed by atoms with Crippen LogP contribution in [-0.4, -0.2) is 20.9 Å². The van der Waals surface area contributed by atoms with Gasteiger partial charge in [-0.3, -0.25) is 0 Å². The van der Waals surface area contributed by atoms with Crippen LogP contribution < -0.4 is 0 Å². The van der Waals surface area contributed by atoms with Crippen LogP contribution in [0.3, 0.4) is 0 Å². The van der Waals surface area contributed by atoms with Crippen molar-refractivity contribution in [3.63, 3.8) is 0 Å². The lowest BCUT2D eigenvalue weighted by atomic mass is 10.2. The smallest absolute Gasteiger partial charge is 0.336 e. The molecule has 0 radical (unpaired) electrons. The second kappa shape index (κ2) is 4.54. The maximum atomic E-state index is 10.8. The Bertz CT molecular complexity index is 554. The number of aromatic carboxylic acids is 1. The molecule has 6 heteroatoms. The molecule has 0 saturated heterocycles. The summed E-state index contributed by atoms with van der Waals surface area (Å²) in [6, 6.07) is 5.00. The highest BCUT2D eigenvalue weighted by molar-refractivity contribution is 14.1. The number of halogens is 2. The van der Waals surface area contributed by atoms with E-state index in [9.17, 15) is 4.79 Å². The van der Waals surface area contributed by atoms with Crippen molar-refractivity contribution in [2.24, 2.45) is 0 Å². The third-order valence-electron chi connectivity index (χ3n) is 2.00. The van der Waals surface area contributed by atoms with Gasteiger partial charge in [0.2, 0.25) is 0 Å². The quantitative estimate of drug-likeness (QED) is 0.799. The van der Waals surface area contributed by atoms with Crippen molar-refractivity contribution in [3.8, 4) is 5.69 Å². The van der Waals surface area contributed by atoms with Gasteiger partial charge in [0.1, 0.15) is 0 Å². The molecule has 2 aromatic rings. The minimum atomic E-state index is -0.950. The first kappa shape index (κ1) is 11.6. The van der Waals surface area contributed by atoms with E-state index in [2.05, 4.69) is 43.6 Å². The highest BCUT2D eigenvalue weighted by Gasteiger charge is 2.09. The van der Waals surface area contributed by atoms with Crippen molar-refractivity contribution in [2.75, 3.05) is 0 Å². The van der Waals surface area contributed by atoms with Gasteiger partial charge >= 0.3 is 5.97 Å². The summed E-state index contributed by atoms with van der Waals surface area (Å²) in [7, 11) is 0. The molecule has 0 amide bonds. The van der Waals surface area contributed by atoms with Gasteiger partial charge in [0.15, 0.2) is 0 Å². The maximum absolute atomic E-state index is 10.8. The molecule has 1 aromatic heterocycles. The molecule has 0 aliphatic carbocycles. The van der Waals surface area contributed by atoms with Crippen molar-refractivity contribution >= 4 is 44.5 Å². The van der Waals surface area contributed by atoms with Gasteiger partial charge in [-0.2, -0.15) is 5.10 Å². The van der Waals surface area contributed by atoms with Gasteiger partial charge in [0.25, 0.3) is 0 Å². The van der Waals surface area contributed by atoms with Crippen LogP contribution in [0.15, 0.2) is 35.1 Å². The van der Waals surface area contributed by atoms with E-state index < -0.39 is 5.97 Å². The number of carboxylic acids is 1. The highest BCUT2D eigenvalue weighted by atomic mass is 127. The molecule has 0 aliphatic rings. The molecule has 82 valence electrons. The third kappa shape index (κ3) is 2.27. The van der Waals surface area contributed by atoms with Crippen molar-refractivity contribution < 1.29 is 9.90 Å². The average Bonchev–Trinajstić information content (AvgIpc) is 2.64. The molecule has 4 nitrogen and oxygen atoms in total. The Kier molecular flexibility index (Phi) is 3.29. The summed E-state index contributed by atoms with van der Waals surface area (Å²) in [5, 5.41) is 13.0. The highest BCUT2D eigenvalue weighted by Crippen LogP contribution is 2.21. The summed E-state index contributed by atoms with van der Waals surface area (Å²) in [5.74, 6) is -0.950. The summed E-state index contributed by atoms with van der Waals surface area (Å²) in [4.78, 5) is 10.8. The van der Waals surface area contributed by atoms with E-state index in [1.54, 1.807) is 29.1 Å². The van der Waals surface area contributed by atoms with E-state index in [0.717, 1.165) is 9.26 Å². The lowest BCUT2D eigenvalue weighted by Gasteiger charge is -2.04. The number of benzene rings is 1. The van der Waals surface area contributed by atoms with Gasteiger partial charge in [-0.25, -0.2) is 9.48 Å². The van der Waals surface area contributed by atoms with Crippen LogP contribution in [0, 0.1) is 3.57 Å². The molecular formula is C10H6BrIN2O2. The Balaban J connectivity index is 2.45. The molecule has 16 heavy (non-hydrogen) atoms. The topological polar surface area (TPSA) is 55.1 Å². The zero-order valence-electron chi connectivity index (χ0n) is 7.89. The standard InChI is InChI=1S/C10H6BrIN2O2/c11-9-3-7(1-2-8(9)10(15)16)14-5-6(12)4-13-14/h1-5H,(H,15,16). The molecule has 1 heterocycles. The second-order valence-corrected chi connectivity index (χ2v) is 5.17. The van der Waals surface area contributed by atoms with Crippen LogP contribution in [0.1, 0.15) is 10.4 Å². The van der Waals surface area contributed by atoms with Crippen molar-refractivity contribution in [1.29, 1.82) is 0 Å². The lowest BCUT2D eigenvalue weighted by Crippen LogP contribution is -2.00. The monoisotopic (exact) mass is 392 g/mol. The third-order valence-corrected chi connectivity index (χ3v) is 3.21. The number of carboxylic acid groups (broad SMARTS) is 1. The van der Waals surface area contributed by atoms with Crippen LogP contribution in [0.5, 0.6) is 0 Å². The lowest BCUT2D eigenvalue weighted by molar-refractivity contribution is 0.0696. The van der Waals surface area contributed by atoms with E-state index >= 15 is 0 Å². The molecule has 0 spiro atoms. The first-order chi connectivity index (χ1) is 7.58. The summed E-state index contributed by atoms with van der Waals surface area (Å²) >= 11 is 5.39. The van der Waals surface area contributed by atoms with Gasteiger partial charge in [0, 0.05) is 10.7 Å².